The van der Waals surface area contributed by atoms with Crippen LogP contribution in [0.1, 0.15) is 43.7 Å². The Kier molecular flexibility index (Phi) is 5.44. The molecule has 0 amide bonds. The standard InChI is InChI=1S/C17H20O2.C10H8/c1-2-5-14(18)13-7-4-10-17(13)11-9-12-6-3-8-15(19)16(12)17;1-2-6-10-8-4-3-7-9(10)5-1/h2-3,5-6,8,18-19H,4,7,9-11H2,1H3;1-8H/b5-2-,14-13+;. The summed E-state index contributed by atoms with van der Waals surface area (Å²) >= 11 is 0. The Morgan fingerprint density at radius 1 is 0.862 bits per heavy atom. The van der Waals surface area contributed by atoms with Gasteiger partial charge in [0.1, 0.15) is 11.5 Å². The van der Waals surface area contributed by atoms with Crippen LogP contribution in [0, 0.1) is 0 Å². The van der Waals surface area contributed by atoms with Crippen molar-refractivity contribution in [1.82, 2.24) is 0 Å². The number of phenolic OH excluding ortho intramolecular Hbond substituents is 1. The normalized spacial score (nSPS) is 22.0. The zero-order valence-electron chi connectivity index (χ0n) is 16.9. The van der Waals surface area contributed by atoms with Crippen molar-refractivity contribution in [3.05, 3.63) is 101 Å². The number of aryl methyl sites for hydroxylation is 1. The number of rotatable bonds is 1. The Bertz CT molecular complexity index is 1010. The molecule has 1 unspecified atom stereocenters. The van der Waals surface area contributed by atoms with Gasteiger partial charge in [-0.1, -0.05) is 66.7 Å². The highest BCUT2D eigenvalue weighted by Gasteiger charge is 2.47. The molecule has 148 valence electrons. The number of aliphatic hydroxyl groups excluding tert-OH is 1. The smallest absolute Gasteiger partial charge is 0.119 e. The fourth-order valence-electron chi connectivity index (χ4n) is 5.09. The molecule has 3 aromatic rings. The Labute approximate surface area is 172 Å². The Morgan fingerprint density at radius 2 is 1.52 bits per heavy atom. The van der Waals surface area contributed by atoms with E-state index in [1.54, 1.807) is 12.1 Å². The van der Waals surface area contributed by atoms with Crippen molar-refractivity contribution in [2.75, 3.05) is 0 Å². The van der Waals surface area contributed by atoms with E-state index >= 15 is 0 Å². The molecule has 2 aliphatic carbocycles. The molecule has 2 heteroatoms. The van der Waals surface area contributed by atoms with Crippen molar-refractivity contribution in [3.8, 4) is 5.75 Å². The lowest BCUT2D eigenvalue weighted by Gasteiger charge is -2.28. The van der Waals surface area contributed by atoms with Crippen LogP contribution >= 0.6 is 0 Å². The second-order valence-corrected chi connectivity index (χ2v) is 7.96. The van der Waals surface area contributed by atoms with Gasteiger partial charge in [-0.2, -0.15) is 0 Å². The molecule has 3 aromatic carbocycles. The van der Waals surface area contributed by atoms with Gasteiger partial charge in [-0.25, -0.2) is 0 Å². The van der Waals surface area contributed by atoms with Crippen LogP contribution in [0.2, 0.25) is 0 Å². The summed E-state index contributed by atoms with van der Waals surface area (Å²) in [6.45, 7) is 1.92. The topological polar surface area (TPSA) is 40.5 Å². The minimum absolute atomic E-state index is 0.121. The van der Waals surface area contributed by atoms with Gasteiger partial charge in [0.2, 0.25) is 0 Å². The summed E-state index contributed by atoms with van der Waals surface area (Å²) in [6.07, 6.45) is 8.71. The molecule has 2 N–H and O–H groups in total. The number of benzene rings is 3. The summed E-state index contributed by atoms with van der Waals surface area (Å²) in [5.74, 6) is 0.791. The quantitative estimate of drug-likeness (QED) is 0.444. The molecule has 1 fully saturated rings. The Morgan fingerprint density at radius 3 is 2.14 bits per heavy atom. The molecule has 0 aliphatic heterocycles. The maximum Gasteiger partial charge on any atom is 0.119 e. The molecule has 2 aliphatic rings. The van der Waals surface area contributed by atoms with E-state index in [0.717, 1.165) is 43.2 Å². The van der Waals surface area contributed by atoms with Crippen molar-refractivity contribution in [2.24, 2.45) is 0 Å². The van der Waals surface area contributed by atoms with E-state index in [9.17, 15) is 10.2 Å². The predicted octanol–water partition coefficient (Wildman–Crippen LogP) is 6.99. The first-order valence-electron chi connectivity index (χ1n) is 10.5. The van der Waals surface area contributed by atoms with Crippen LogP contribution in [-0.2, 0) is 11.8 Å². The lowest BCUT2D eigenvalue weighted by Crippen LogP contribution is -2.22. The lowest BCUT2D eigenvalue weighted by molar-refractivity contribution is 0.394. The maximum absolute atomic E-state index is 10.3. The summed E-state index contributed by atoms with van der Waals surface area (Å²) in [5, 5.41) is 23.2. The number of hydrogen-bond acceptors (Lipinski definition) is 2. The summed E-state index contributed by atoms with van der Waals surface area (Å²) in [4.78, 5) is 0. The largest absolute Gasteiger partial charge is 0.508 e. The summed E-state index contributed by atoms with van der Waals surface area (Å²) < 4.78 is 0. The number of hydrogen-bond donors (Lipinski definition) is 2. The van der Waals surface area contributed by atoms with E-state index in [-0.39, 0.29) is 5.41 Å². The third-order valence-electron chi connectivity index (χ3n) is 6.33. The number of allylic oxidation sites excluding steroid dienone is 3. The van der Waals surface area contributed by atoms with Crippen molar-refractivity contribution >= 4 is 10.8 Å². The van der Waals surface area contributed by atoms with Gasteiger partial charge in [0.15, 0.2) is 0 Å². The molecule has 0 heterocycles. The monoisotopic (exact) mass is 384 g/mol. The fourth-order valence-corrected chi connectivity index (χ4v) is 5.09. The third kappa shape index (κ3) is 3.55. The van der Waals surface area contributed by atoms with Crippen LogP contribution in [-0.4, -0.2) is 10.2 Å². The van der Waals surface area contributed by atoms with E-state index in [4.69, 9.17) is 0 Å². The van der Waals surface area contributed by atoms with E-state index in [1.807, 2.05) is 19.1 Å². The van der Waals surface area contributed by atoms with Gasteiger partial charge in [0.05, 0.1) is 0 Å². The first-order valence-corrected chi connectivity index (χ1v) is 10.5. The number of aliphatic hydroxyl groups is 1. The van der Waals surface area contributed by atoms with Crippen LogP contribution in [0.15, 0.2) is 90.2 Å². The SMILES string of the molecule is C/C=C\C(O)=C1\CCCC12CCc1cccc(O)c12.c1ccc2ccccc2c1. The Hall–Kier alpha value is -3.00. The van der Waals surface area contributed by atoms with Crippen LogP contribution in [0.5, 0.6) is 5.75 Å². The van der Waals surface area contributed by atoms with E-state index in [2.05, 4.69) is 54.6 Å². The van der Waals surface area contributed by atoms with Crippen LogP contribution < -0.4 is 0 Å². The average Bonchev–Trinajstić information content (AvgIpc) is 3.34. The molecule has 5 rings (SSSR count). The molecule has 0 bridgehead atoms. The molecule has 0 saturated heterocycles. The van der Waals surface area contributed by atoms with Gasteiger partial charge in [-0.3, -0.25) is 0 Å². The maximum atomic E-state index is 10.3. The van der Waals surface area contributed by atoms with Crippen molar-refractivity contribution in [2.45, 2.75) is 44.4 Å². The second kappa shape index (κ2) is 8.16. The molecule has 0 aromatic heterocycles. The minimum atomic E-state index is -0.121. The highest BCUT2D eigenvalue weighted by Crippen LogP contribution is 2.56. The number of phenols is 1. The number of aromatic hydroxyl groups is 1. The van der Waals surface area contributed by atoms with Crippen LogP contribution in [0.25, 0.3) is 10.8 Å². The van der Waals surface area contributed by atoms with Gasteiger partial charge in [-0.05, 0) is 73.1 Å². The van der Waals surface area contributed by atoms with Gasteiger partial charge >= 0.3 is 0 Å². The molecule has 1 atom stereocenters. The molecule has 2 nitrogen and oxygen atoms in total. The molecular formula is C27H28O2. The van der Waals surface area contributed by atoms with Gasteiger partial charge in [0.25, 0.3) is 0 Å². The van der Waals surface area contributed by atoms with E-state index in [1.165, 1.54) is 16.3 Å². The third-order valence-corrected chi connectivity index (χ3v) is 6.33. The van der Waals surface area contributed by atoms with Crippen LogP contribution in [0.3, 0.4) is 0 Å². The Balaban J connectivity index is 0.000000171. The average molecular weight is 385 g/mol. The fraction of sp³-hybridized carbons (Fsp3) is 0.259. The van der Waals surface area contributed by atoms with Crippen molar-refractivity contribution < 1.29 is 10.2 Å². The highest BCUT2D eigenvalue weighted by molar-refractivity contribution is 5.82. The van der Waals surface area contributed by atoms with E-state index in [0.29, 0.717) is 11.5 Å². The molecule has 0 radical (unpaired) electrons. The van der Waals surface area contributed by atoms with Gasteiger partial charge in [0, 0.05) is 11.0 Å². The zero-order valence-corrected chi connectivity index (χ0v) is 16.9. The summed E-state index contributed by atoms with van der Waals surface area (Å²) in [6, 6.07) is 22.5. The minimum Gasteiger partial charge on any atom is -0.508 e. The summed E-state index contributed by atoms with van der Waals surface area (Å²) in [7, 11) is 0. The lowest BCUT2D eigenvalue weighted by atomic mass is 9.76. The zero-order chi connectivity index (χ0) is 20.3. The molecule has 1 saturated carbocycles. The van der Waals surface area contributed by atoms with Gasteiger partial charge < -0.3 is 10.2 Å². The van der Waals surface area contributed by atoms with Crippen molar-refractivity contribution in [3.63, 3.8) is 0 Å². The summed E-state index contributed by atoms with van der Waals surface area (Å²) in [5.41, 5.74) is 3.31. The highest BCUT2D eigenvalue weighted by atomic mass is 16.3. The first kappa shape index (κ1) is 19.3. The van der Waals surface area contributed by atoms with Crippen LogP contribution in [0.4, 0.5) is 0 Å². The molecule has 29 heavy (non-hydrogen) atoms. The molecular weight excluding hydrogens is 356 g/mol. The molecule has 1 spiro atoms. The van der Waals surface area contributed by atoms with Crippen molar-refractivity contribution in [1.29, 1.82) is 0 Å². The second-order valence-electron chi connectivity index (χ2n) is 7.96. The first-order chi connectivity index (χ1) is 14.2. The van der Waals surface area contributed by atoms with Gasteiger partial charge in [-0.15, -0.1) is 0 Å². The predicted molar refractivity (Wildman–Crippen MR) is 120 cm³/mol. The number of fused-ring (bicyclic) bond motifs is 3. The van der Waals surface area contributed by atoms with E-state index < -0.39 is 0 Å².